The van der Waals surface area contributed by atoms with E-state index in [4.69, 9.17) is 11.6 Å². The molecule has 2 aromatic rings. The SMILES string of the molecule is CC(Cl)c1ccccc1NS(=O)(=O)c1ccc(Br)cc1. The van der Waals surface area contributed by atoms with Crippen LogP contribution in [0.3, 0.4) is 0 Å². The van der Waals surface area contributed by atoms with Crippen LogP contribution in [0.15, 0.2) is 57.9 Å². The van der Waals surface area contributed by atoms with Gasteiger partial charge in [0.05, 0.1) is 16.0 Å². The van der Waals surface area contributed by atoms with E-state index in [0.717, 1.165) is 10.0 Å². The third-order valence-electron chi connectivity index (χ3n) is 2.76. The summed E-state index contributed by atoms with van der Waals surface area (Å²) in [4.78, 5) is 0.206. The molecule has 0 fully saturated rings. The van der Waals surface area contributed by atoms with Gasteiger partial charge in [-0.3, -0.25) is 4.72 Å². The zero-order chi connectivity index (χ0) is 14.8. The number of hydrogen-bond donors (Lipinski definition) is 1. The average molecular weight is 375 g/mol. The lowest BCUT2D eigenvalue weighted by Crippen LogP contribution is -2.14. The molecule has 0 heterocycles. The van der Waals surface area contributed by atoms with Crippen LogP contribution >= 0.6 is 27.5 Å². The summed E-state index contributed by atoms with van der Waals surface area (Å²) in [7, 11) is -3.62. The fourth-order valence-electron chi connectivity index (χ4n) is 1.75. The van der Waals surface area contributed by atoms with Gasteiger partial charge in [-0.05, 0) is 42.8 Å². The lowest BCUT2D eigenvalue weighted by atomic mass is 10.1. The Labute approximate surface area is 132 Å². The van der Waals surface area contributed by atoms with Crippen LogP contribution in [0.2, 0.25) is 0 Å². The van der Waals surface area contributed by atoms with Crippen molar-refractivity contribution in [1.29, 1.82) is 0 Å². The highest BCUT2D eigenvalue weighted by Gasteiger charge is 2.17. The van der Waals surface area contributed by atoms with E-state index in [-0.39, 0.29) is 10.3 Å². The van der Waals surface area contributed by atoms with Gasteiger partial charge in [0.1, 0.15) is 0 Å². The van der Waals surface area contributed by atoms with Gasteiger partial charge in [-0.25, -0.2) is 8.42 Å². The average Bonchev–Trinajstić information content (AvgIpc) is 2.39. The molecule has 0 saturated carbocycles. The van der Waals surface area contributed by atoms with Gasteiger partial charge in [-0.1, -0.05) is 34.1 Å². The molecule has 3 nitrogen and oxygen atoms in total. The van der Waals surface area contributed by atoms with Gasteiger partial charge >= 0.3 is 0 Å². The molecule has 2 aromatic carbocycles. The predicted octanol–water partition coefficient (Wildman–Crippen LogP) is 4.55. The van der Waals surface area contributed by atoms with Gasteiger partial charge in [-0.2, -0.15) is 0 Å². The Morgan fingerprint density at radius 3 is 2.30 bits per heavy atom. The number of hydrogen-bond acceptors (Lipinski definition) is 2. The lowest BCUT2D eigenvalue weighted by Gasteiger charge is -2.13. The van der Waals surface area contributed by atoms with Crippen molar-refractivity contribution in [2.75, 3.05) is 4.72 Å². The van der Waals surface area contributed by atoms with Gasteiger partial charge in [0, 0.05) is 4.47 Å². The second-order valence-electron chi connectivity index (χ2n) is 4.26. The zero-order valence-corrected chi connectivity index (χ0v) is 13.8. The normalized spacial score (nSPS) is 12.9. The molecule has 0 radical (unpaired) electrons. The maximum absolute atomic E-state index is 12.3. The fourth-order valence-corrected chi connectivity index (χ4v) is 3.30. The zero-order valence-electron chi connectivity index (χ0n) is 10.7. The van der Waals surface area contributed by atoms with Crippen molar-refractivity contribution in [3.63, 3.8) is 0 Å². The molecule has 0 saturated heterocycles. The van der Waals surface area contributed by atoms with E-state index in [2.05, 4.69) is 20.7 Å². The van der Waals surface area contributed by atoms with Crippen LogP contribution in [0.4, 0.5) is 5.69 Å². The predicted molar refractivity (Wildman–Crippen MR) is 85.7 cm³/mol. The fraction of sp³-hybridized carbons (Fsp3) is 0.143. The van der Waals surface area contributed by atoms with Crippen molar-refractivity contribution >= 4 is 43.2 Å². The molecule has 0 aromatic heterocycles. The molecule has 106 valence electrons. The highest BCUT2D eigenvalue weighted by atomic mass is 79.9. The third-order valence-corrected chi connectivity index (χ3v) is 4.90. The van der Waals surface area contributed by atoms with Crippen LogP contribution in [0.5, 0.6) is 0 Å². The molecular formula is C14H13BrClNO2S. The molecule has 0 aliphatic carbocycles. The first-order valence-corrected chi connectivity index (χ1v) is 8.63. The van der Waals surface area contributed by atoms with Crippen molar-refractivity contribution in [3.8, 4) is 0 Å². The second kappa shape index (κ2) is 6.16. The summed E-state index contributed by atoms with van der Waals surface area (Å²) < 4.78 is 28.0. The summed E-state index contributed by atoms with van der Waals surface area (Å²) in [6.07, 6.45) is 0. The minimum atomic E-state index is -3.62. The van der Waals surface area contributed by atoms with Crippen molar-refractivity contribution in [2.45, 2.75) is 17.2 Å². The minimum Gasteiger partial charge on any atom is -0.279 e. The number of sulfonamides is 1. The maximum atomic E-state index is 12.3. The molecule has 2 rings (SSSR count). The Morgan fingerprint density at radius 1 is 1.10 bits per heavy atom. The standard InChI is InChI=1S/C14H13BrClNO2S/c1-10(16)13-4-2-3-5-14(13)17-20(18,19)12-8-6-11(15)7-9-12/h2-10,17H,1H3. The Hall–Kier alpha value is -1.04. The minimum absolute atomic E-state index is 0.206. The highest BCUT2D eigenvalue weighted by Crippen LogP contribution is 2.29. The summed E-state index contributed by atoms with van der Waals surface area (Å²) in [6, 6.07) is 13.5. The number of anilines is 1. The summed E-state index contributed by atoms with van der Waals surface area (Å²) in [5, 5.41) is -0.279. The number of rotatable bonds is 4. The summed E-state index contributed by atoms with van der Waals surface area (Å²) in [6.45, 7) is 1.80. The number of halogens is 2. The number of alkyl halides is 1. The first kappa shape index (κ1) is 15.4. The molecule has 6 heteroatoms. The van der Waals surface area contributed by atoms with Crippen molar-refractivity contribution in [1.82, 2.24) is 0 Å². The van der Waals surface area contributed by atoms with Crippen LogP contribution in [0.1, 0.15) is 17.9 Å². The van der Waals surface area contributed by atoms with Crippen molar-refractivity contribution in [2.24, 2.45) is 0 Å². The molecule has 1 unspecified atom stereocenters. The Bertz CT molecular complexity index is 699. The van der Waals surface area contributed by atoms with E-state index in [1.165, 1.54) is 0 Å². The summed E-state index contributed by atoms with van der Waals surface area (Å²) in [5.74, 6) is 0. The Morgan fingerprint density at radius 2 is 1.70 bits per heavy atom. The van der Waals surface area contributed by atoms with Gasteiger partial charge in [0.2, 0.25) is 0 Å². The van der Waals surface area contributed by atoms with Gasteiger partial charge < -0.3 is 0 Å². The van der Waals surface area contributed by atoms with Gasteiger partial charge in [0.15, 0.2) is 0 Å². The van der Waals surface area contributed by atoms with Crippen LogP contribution in [-0.4, -0.2) is 8.42 Å². The molecule has 0 aliphatic heterocycles. The molecular weight excluding hydrogens is 362 g/mol. The molecule has 0 aliphatic rings. The molecule has 0 amide bonds. The van der Waals surface area contributed by atoms with E-state index >= 15 is 0 Å². The van der Waals surface area contributed by atoms with Crippen molar-refractivity contribution in [3.05, 3.63) is 58.6 Å². The van der Waals surface area contributed by atoms with E-state index in [9.17, 15) is 8.42 Å². The van der Waals surface area contributed by atoms with Crippen LogP contribution in [0, 0.1) is 0 Å². The summed E-state index contributed by atoms with van der Waals surface area (Å²) in [5.41, 5.74) is 1.24. The van der Waals surface area contributed by atoms with E-state index < -0.39 is 10.0 Å². The topological polar surface area (TPSA) is 46.2 Å². The molecule has 0 spiro atoms. The van der Waals surface area contributed by atoms with Crippen LogP contribution in [-0.2, 0) is 10.0 Å². The Kier molecular flexibility index (Phi) is 4.73. The van der Waals surface area contributed by atoms with E-state index in [1.54, 1.807) is 49.4 Å². The van der Waals surface area contributed by atoms with Gasteiger partial charge in [-0.15, -0.1) is 11.6 Å². The number of nitrogens with one attached hydrogen (secondary N) is 1. The van der Waals surface area contributed by atoms with Crippen LogP contribution < -0.4 is 4.72 Å². The van der Waals surface area contributed by atoms with E-state index in [0.29, 0.717) is 5.69 Å². The molecule has 1 N–H and O–H groups in total. The molecule has 1 atom stereocenters. The largest absolute Gasteiger partial charge is 0.279 e. The highest BCUT2D eigenvalue weighted by molar-refractivity contribution is 9.10. The first-order chi connectivity index (χ1) is 9.40. The molecule has 0 bridgehead atoms. The second-order valence-corrected chi connectivity index (χ2v) is 7.52. The van der Waals surface area contributed by atoms with Crippen LogP contribution in [0.25, 0.3) is 0 Å². The Balaban J connectivity index is 2.36. The van der Waals surface area contributed by atoms with Gasteiger partial charge in [0.25, 0.3) is 10.0 Å². The first-order valence-electron chi connectivity index (χ1n) is 5.91. The number of benzene rings is 2. The number of para-hydroxylation sites is 1. The maximum Gasteiger partial charge on any atom is 0.261 e. The summed E-state index contributed by atoms with van der Waals surface area (Å²) >= 11 is 9.34. The lowest BCUT2D eigenvalue weighted by molar-refractivity contribution is 0.601. The quantitative estimate of drug-likeness (QED) is 0.798. The third kappa shape index (κ3) is 3.53. The molecule has 20 heavy (non-hydrogen) atoms. The van der Waals surface area contributed by atoms with E-state index in [1.807, 2.05) is 6.07 Å². The smallest absolute Gasteiger partial charge is 0.261 e. The monoisotopic (exact) mass is 373 g/mol. The van der Waals surface area contributed by atoms with Crippen molar-refractivity contribution < 1.29 is 8.42 Å².